The molecule has 1 saturated heterocycles. The molecule has 1 fully saturated rings. The van der Waals surface area contributed by atoms with Gasteiger partial charge >= 0.3 is 0 Å². The Hall–Kier alpha value is -1.40. The lowest BCUT2D eigenvalue weighted by Gasteiger charge is -2.21. The van der Waals surface area contributed by atoms with Crippen molar-refractivity contribution in [3.63, 3.8) is 0 Å². The van der Waals surface area contributed by atoms with E-state index in [0.29, 0.717) is 5.02 Å². The molecule has 0 radical (unpaired) electrons. The second-order valence-corrected chi connectivity index (χ2v) is 6.11. The SMILES string of the molecule is CC(C(=O)NCc1ccc(Br)cc1Cl)N1C(=O)CCC1=O. The zero-order valence-electron chi connectivity index (χ0n) is 11.4. The number of rotatable bonds is 4. The molecular formula is C14H14BrClN2O3. The third-order valence-corrected chi connectivity index (χ3v) is 4.17. The Balaban J connectivity index is 1.98. The number of halogens is 2. The molecule has 1 N–H and O–H groups in total. The predicted molar refractivity (Wildman–Crippen MR) is 81.5 cm³/mol. The summed E-state index contributed by atoms with van der Waals surface area (Å²) in [7, 11) is 0. The van der Waals surface area contributed by atoms with Gasteiger partial charge in [-0.25, -0.2) is 0 Å². The summed E-state index contributed by atoms with van der Waals surface area (Å²) in [5.41, 5.74) is 0.763. The van der Waals surface area contributed by atoms with Crippen molar-refractivity contribution < 1.29 is 14.4 Å². The third-order valence-electron chi connectivity index (χ3n) is 3.33. The molecule has 21 heavy (non-hydrogen) atoms. The summed E-state index contributed by atoms with van der Waals surface area (Å²) in [6, 6.07) is 4.55. The lowest BCUT2D eigenvalue weighted by molar-refractivity contribution is -0.146. The molecule has 1 atom stereocenters. The number of hydrogen-bond donors (Lipinski definition) is 1. The minimum atomic E-state index is -0.804. The topological polar surface area (TPSA) is 66.5 Å². The van der Waals surface area contributed by atoms with Crippen LogP contribution >= 0.6 is 27.5 Å². The Morgan fingerprint density at radius 3 is 2.57 bits per heavy atom. The Morgan fingerprint density at radius 1 is 1.38 bits per heavy atom. The molecule has 1 unspecified atom stereocenters. The number of carbonyl (C=O) groups excluding carboxylic acids is 3. The zero-order valence-corrected chi connectivity index (χ0v) is 13.7. The summed E-state index contributed by atoms with van der Waals surface area (Å²) in [6.45, 7) is 1.78. The van der Waals surface area contributed by atoms with Crippen LogP contribution in [0.3, 0.4) is 0 Å². The Labute approximate surface area is 135 Å². The van der Waals surface area contributed by atoms with Gasteiger partial charge in [-0.2, -0.15) is 0 Å². The summed E-state index contributed by atoms with van der Waals surface area (Å²) in [5, 5.41) is 3.23. The van der Waals surface area contributed by atoms with Crippen LogP contribution in [-0.2, 0) is 20.9 Å². The minimum absolute atomic E-state index is 0.176. The van der Waals surface area contributed by atoms with Gasteiger partial charge in [0.25, 0.3) is 0 Å². The highest BCUT2D eigenvalue weighted by molar-refractivity contribution is 9.10. The van der Waals surface area contributed by atoms with Gasteiger partial charge in [0.05, 0.1) is 0 Å². The molecule has 7 heteroatoms. The van der Waals surface area contributed by atoms with Gasteiger partial charge in [-0.05, 0) is 24.6 Å². The Morgan fingerprint density at radius 2 is 2.00 bits per heavy atom. The number of benzene rings is 1. The first kappa shape index (κ1) is 16.0. The number of amides is 3. The average molecular weight is 374 g/mol. The number of carbonyl (C=O) groups is 3. The van der Waals surface area contributed by atoms with E-state index in [0.717, 1.165) is 14.9 Å². The summed E-state index contributed by atoms with van der Waals surface area (Å²) in [4.78, 5) is 36.3. The third kappa shape index (κ3) is 3.63. The standard InChI is InChI=1S/C14H14BrClN2O3/c1-8(18-12(19)4-5-13(18)20)14(21)17-7-9-2-3-10(15)6-11(9)16/h2-3,6,8H,4-5,7H2,1H3,(H,17,21). The Bertz CT molecular complexity index is 590. The molecule has 0 aliphatic carbocycles. The van der Waals surface area contributed by atoms with Crippen molar-refractivity contribution in [2.45, 2.75) is 32.4 Å². The van der Waals surface area contributed by atoms with Crippen molar-refractivity contribution in [2.24, 2.45) is 0 Å². The van der Waals surface area contributed by atoms with Gasteiger partial charge in [-0.1, -0.05) is 33.6 Å². The first-order chi connectivity index (χ1) is 9.90. The van der Waals surface area contributed by atoms with E-state index in [1.54, 1.807) is 19.1 Å². The van der Waals surface area contributed by atoms with E-state index in [1.165, 1.54) is 0 Å². The predicted octanol–water partition coefficient (Wildman–Crippen LogP) is 2.26. The quantitative estimate of drug-likeness (QED) is 0.823. The molecule has 1 aliphatic heterocycles. The number of hydrogen-bond acceptors (Lipinski definition) is 3. The lowest BCUT2D eigenvalue weighted by atomic mass is 10.2. The fraction of sp³-hybridized carbons (Fsp3) is 0.357. The number of imide groups is 1. The second-order valence-electron chi connectivity index (χ2n) is 4.79. The molecule has 0 spiro atoms. The van der Waals surface area contributed by atoms with Crippen LogP contribution in [0.1, 0.15) is 25.3 Å². The number of nitrogens with zero attached hydrogens (tertiary/aromatic N) is 1. The summed E-state index contributed by atoms with van der Waals surface area (Å²) in [6.07, 6.45) is 0.351. The molecule has 1 heterocycles. The largest absolute Gasteiger partial charge is 0.350 e. The van der Waals surface area contributed by atoms with Crippen LogP contribution in [0, 0.1) is 0 Å². The molecule has 3 amide bonds. The summed E-state index contributed by atoms with van der Waals surface area (Å²) < 4.78 is 0.851. The molecule has 1 aliphatic rings. The lowest BCUT2D eigenvalue weighted by Crippen LogP contribution is -2.47. The van der Waals surface area contributed by atoms with Crippen LogP contribution in [0.4, 0.5) is 0 Å². The van der Waals surface area contributed by atoms with Crippen LogP contribution in [-0.4, -0.2) is 28.7 Å². The maximum Gasteiger partial charge on any atom is 0.243 e. The van der Waals surface area contributed by atoms with Crippen LogP contribution in [0.5, 0.6) is 0 Å². The molecule has 0 saturated carbocycles. The van der Waals surface area contributed by atoms with Crippen molar-refractivity contribution in [1.82, 2.24) is 10.2 Å². The van der Waals surface area contributed by atoms with E-state index in [4.69, 9.17) is 11.6 Å². The van der Waals surface area contributed by atoms with E-state index in [-0.39, 0.29) is 37.1 Å². The van der Waals surface area contributed by atoms with Gasteiger partial charge < -0.3 is 5.32 Å². The highest BCUT2D eigenvalue weighted by atomic mass is 79.9. The highest BCUT2D eigenvalue weighted by Gasteiger charge is 2.35. The Kier molecular flexibility index (Phi) is 5.00. The molecule has 5 nitrogen and oxygen atoms in total. The van der Waals surface area contributed by atoms with Gasteiger partial charge in [-0.3, -0.25) is 19.3 Å². The maximum absolute atomic E-state index is 12.1. The highest BCUT2D eigenvalue weighted by Crippen LogP contribution is 2.21. The fourth-order valence-corrected chi connectivity index (χ4v) is 2.88. The van der Waals surface area contributed by atoms with E-state index in [2.05, 4.69) is 21.2 Å². The first-order valence-electron chi connectivity index (χ1n) is 6.46. The van der Waals surface area contributed by atoms with E-state index >= 15 is 0 Å². The number of nitrogens with one attached hydrogen (secondary N) is 1. The van der Waals surface area contributed by atoms with Crippen molar-refractivity contribution in [3.8, 4) is 0 Å². The van der Waals surface area contributed by atoms with Gasteiger partial charge in [0.2, 0.25) is 17.7 Å². The van der Waals surface area contributed by atoms with Crippen LogP contribution in [0.15, 0.2) is 22.7 Å². The molecule has 1 aromatic rings. The van der Waals surface area contributed by atoms with Crippen LogP contribution in [0.25, 0.3) is 0 Å². The van der Waals surface area contributed by atoms with E-state index < -0.39 is 6.04 Å². The molecule has 2 rings (SSSR count). The van der Waals surface area contributed by atoms with E-state index in [1.807, 2.05) is 6.07 Å². The minimum Gasteiger partial charge on any atom is -0.350 e. The molecule has 112 valence electrons. The van der Waals surface area contributed by atoms with Crippen molar-refractivity contribution in [1.29, 1.82) is 0 Å². The summed E-state index contributed by atoms with van der Waals surface area (Å²) in [5.74, 6) is -0.980. The van der Waals surface area contributed by atoms with Gasteiger partial charge in [0.1, 0.15) is 6.04 Å². The zero-order chi connectivity index (χ0) is 15.6. The summed E-state index contributed by atoms with van der Waals surface area (Å²) >= 11 is 9.37. The second kappa shape index (κ2) is 6.58. The van der Waals surface area contributed by atoms with Gasteiger partial charge in [-0.15, -0.1) is 0 Å². The molecule has 1 aromatic carbocycles. The average Bonchev–Trinajstić information content (AvgIpc) is 2.76. The molecular weight excluding hydrogens is 360 g/mol. The van der Waals surface area contributed by atoms with Gasteiger partial charge in [0.15, 0.2) is 0 Å². The van der Waals surface area contributed by atoms with Crippen LogP contribution < -0.4 is 5.32 Å². The smallest absolute Gasteiger partial charge is 0.243 e. The fourth-order valence-electron chi connectivity index (χ4n) is 2.14. The van der Waals surface area contributed by atoms with Gasteiger partial charge in [0, 0.05) is 28.9 Å². The van der Waals surface area contributed by atoms with Crippen molar-refractivity contribution in [2.75, 3.05) is 0 Å². The maximum atomic E-state index is 12.1. The van der Waals surface area contributed by atoms with Crippen molar-refractivity contribution in [3.05, 3.63) is 33.3 Å². The number of likely N-dealkylation sites (tertiary alicyclic amines) is 1. The molecule has 0 aromatic heterocycles. The monoisotopic (exact) mass is 372 g/mol. The molecule has 0 bridgehead atoms. The normalized spacial score (nSPS) is 16.2. The van der Waals surface area contributed by atoms with Crippen molar-refractivity contribution >= 4 is 45.3 Å². The van der Waals surface area contributed by atoms with Crippen LogP contribution in [0.2, 0.25) is 5.02 Å². The van der Waals surface area contributed by atoms with E-state index in [9.17, 15) is 14.4 Å². The first-order valence-corrected chi connectivity index (χ1v) is 7.63.